The lowest BCUT2D eigenvalue weighted by Gasteiger charge is -2.16. The summed E-state index contributed by atoms with van der Waals surface area (Å²) in [6.07, 6.45) is 0.286. The molecule has 2 aromatic rings. The van der Waals surface area contributed by atoms with E-state index in [1.54, 1.807) is 12.1 Å². The van der Waals surface area contributed by atoms with Crippen LogP contribution in [0.3, 0.4) is 0 Å². The Hall–Kier alpha value is -1.91. The summed E-state index contributed by atoms with van der Waals surface area (Å²) in [5, 5.41) is 0. The Morgan fingerprint density at radius 1 is 1.09 bits per heavy atom. The van der Waals surface area contributed by atoms with Crippen molar-refractivity contribution in [1.82, 2.24) is 4.90 Å². The normalized spacial score (nSPS) is 20.2. The molecule has 0 aliphatic carbocycles. The molecule has 2 N–H and O–H groups in total. The molecular formula is C18H20ClFN2O. The van der Waals surface area contributed by atoms with E-state index in [0.717, 1.165) is 5.56 Å². The highest BCUT2D eigenvalue weighted by molar-refractivity contribution is 5.85. The summed E-state index contributed by atoms with van der Waals surface area (Å²) in [4.78, 5) is 14.2. The quantitative estimate of drug-likeness (QED) is 0.938. The number of hydrogen-bond donors (Lipinski definition) is 1. The Kier molecular flexibility index (Phi) is 5.74. The van der Waals surface area contributed by atoms with E-state index in [4.69, 9.17) is 5.73 Å². The minimum atomic E-state index is -0.288. The van der Waals surface area contributed by atoms with Crippen LogP contribution in [0.1, 0.15) is 17.0 Å². The molecule has 1 fully saturated rings. The van der Waals surface area contributed by atoms with E-state index in [9.17, 15) is 9.18 Å². The van der Waals surface area contributed by atoms with Crippen LogP contribution in [-0.2, 0) is 11.2 Å². The Balaban J connectivity index is 0.00000192. The molecule has 1 heterocycles. The number of carbonyl (C=O) groups is 1. The van der Waals surface area contributed by atoms with Gasteiger partial charge in [0.15, 0.2) is 0 Å². The number of carbonyl (C=O) groups excluding carboxylic acids is 1. The summed E-state index contributed by atoms with van der Waals surface area (Å²) in [6, 6.07) is 16.1. The van der Waals surface area contributed by atoms with E-state index in [0.29, 0.717) is 13.1 Å². The monoisotopic (exact) mass is 334 g/mol. The van der Waals surface area contributed by atoms with Crippen molar-refractivity contribution in [3.8, 4) is 0 Å². The van der Waals surface area contributed by atoms with Gasteiger partial charge in [-0.05, 0) is 23.3 Å². The number of amides is 1. The molecule has 2 aromatic carbocycles. The lowest BCUT2D eigenvalue weighted by atomic mass is 9.95. The first kappa shape index (κ1) is 17.4. The maximum atomic E-state index is 12.9. The molecule has 0 unspecified atom stereocenters. The van der Waals surface area contributed by atoms with Gasteiger partial charge >= 0.3 is 0 Å². The molecule has 0 aromatic heterocycles. The maximum absolute atomic E-state index is 12.9. The van der Waals surface area contributed by atoms with Crippen LogP contribution in [0.5, 0.6) is 0 Å². The number of benzene rings is 2. The average Bonchev–Trinajstić information content (AvgIpc) is 2.92. The third-order valence-corrected chi connectivity index (χ3v) is 4.21. The van der Waals surface area contributed by atoms with Crippen molar-refractivity contribution in [2.45, 2.75) is 18.4 Å². The molecule has 122 valence electrons. The second kappa shape index (κ2) is 7.57. The Labute approximate surface area is 141 Å². The van der Waals surface area contributed by atoms with E-state index < -0.39 is 0 Å². The number of hydrogen-bond acceptors (Lipinski definition) is 2. The van der Waals surface area contributed by atoms with Crippen LogP contribution in [0.2, 0.25) is 0 Å². The molecule has 1 aliphatic heterocycles. The van der Waals surface area contributed by atoms with E-state index in [-0.39, 0.29) is 42.5 Å². The molecule has 1 saturated heterocycles. The molecule has 23 heavy (non-hydrogen) atoms. The largest absolute Gasteiger partial charge is 0.340 e. The van der Waals surface area contributed by atoms with Gasteiger partial charge in [-0.15, -0.1) is 12.4 Å². The second-order valence-corrected chi connectivity index (χ2v) is 5.78. The van der Waals surface area contributed by atoms with Crippen molar-refractivity contribution in [2.75, 3.05) is 13.1 Å². The van der Waals surface area contributed by atoms with Crippen molar-refractivity contribution < 1.29 is 9.18 Å². The van der Waals surface area contributed by atoms with Crippen LogP contribution in [0, 0.1) is 5.82 Å². The summed E-state index contributed by atoms with van der Waals surface area (Å²) in [5.41, 5.74) is 8.20. The van der Waals surface area contributed by atoms with Crippen LogP contribution in [0.15, 0.2) is 54.6 Å². The Morgan fingerprint density at radius 3 is 2.39 bits per heavy atom. The molecular weight excluding hydrogens is 315 g/mol. The lowest BCUT2D eigenvalue weighted by molar-refractivity contribution is -0.129. The molecule has 0 spiro atoms. The highest BCUT2D eigenvalue weighted by Crippen LogP contribution is 2.26. The van der Waals surface area contributed by atoms with Gasteiger partial charge in [0.2, 0.25) is 5.91 Å². The number of nitrogens with two attached hydrogens (primary N) is 1. The first-order chi connectivity index (χ1) is 10.6. The van der Waals surface area contributed by atoms with Gasteiger partial charge in [-0.25, -0.2) is 4.39 Å². The van der Waals surface area contributed by atoms with Crippen molar-refractivity contribution in [2.24, 2.45) is 5.73 Å². The summed E-state index contributed by atoms with van der Waals surface area (Å²) < 4.78 is 12.9. The fourth-order valence-electron chi connectivity index (χ4n) is 2.97. The predicted octanol–water partition coefficient (Wildman–Crippen LogP) is 2.74. The van der Waals surface area contributed by atoms with E-state index in [1.807, 2.05) is 23.1 Å². The van der Waals surface area contributed by atoms with E-state index in [2.05, 4.69) is 12.1 Å². The number of rotatable bonds is 3. The third-order valence-electron chi connectivity index (χ3n) is 4.21. The summed E-state index contributed by atoms with van der Waals surface area (Å²) in [6.45, 7) is 1.21. The van der Waals surface area contributed by atoms with Gasteiger partial charge in [0, 0.05) is 25.0 Å². The molecule has 0 saturated carbocycles. The fraction of sp³-hybridized carbons (Fsp3) is 0.278. The highest BCUT2D eigenvalue weighted by Gasteiger charge is 2.33. The van der Waals surface area contributed by atoms with Crippen molar-refractivity contribution in [1.29, 1.82) is 0 Å². The number of nitrogens with zero attached hydrogens (tertiary/aromatic N) is 1. The molecule has 5 heteroatoms. The van der Waals surface area contributed by atoms with Gasteiger partial charge in [-0.2, -0.15) is 0 Å². The average molecular weight is 335 g/mol. The first-order valence-corrected chi connectivity index (χ1v) is 7.46. The minimum Gasteiger partial charge on any atom is -0.340 e. The molecule has 1 aliphatic rings. The maximum Gasteiger partial charge on any atom is 0.227 e. The molecule has 1 amide bonds. The zero-order chi connectivity index (χ0) is 15.5. The van der Waals surface area contributed by atoms with Gasteiger partial charge in [0.05, 0.1) is 6.42 Å². The minimum absolute atomic E-state index is 0. The fourth-order valence-corrected chi connectivity index (χ4v) is 2.97. The van der Waals surface area contributed by atoms with Crippen molar-refractivity contribution in [3.05, 3.63) is 71.5 Å². The van der Waals surface area contributed by atoms with Crippen LogP contribution in [0.4, 0.5) is 4.39 Å². The van der Waals surface area contributed by atoms with Gasteiger partial charge < -0.3 is 10.6 Å². The second-order valence-electron chi connectivity index (χ2n) is 5.78. The zero-order valence-corrected chi connectivity index (χ0v) is 13.5. The number of likely N-dealkylation sites (tertiary alicyclic amines) is 1. The van der Waals surface area contributed by atoms with Crippen LogP contribution < -0.4 is 5.73 Å². The Morgan fingerprint density at radius 2 is 1.74 bits per heavy atom. The van der Waals surface area contributed by atoms with Gasteiger partial charge in [-0.3, -0.25) is 4.79 Å². The molecule has 2 atom stereocenters. The standard InChI is InChI=1S/C18H19FN2O.ClH/c19-15-8-6-13(7-9-15)10-18(22)21-11-16(17(20)12-21)14-4-2-1-3-5-14;/h1-9,16-17H,10-12,20H2;1H/t16-,17+;/m0./s1. The van der Waals surface area contributed by atoms with Gasteiger partial charge in [-0.1, -0.05) is 42.5 Å². The summed E-state index contributed by atoms with van der Waals surface area (Å²) in [7, 11) is 0. The molecule has 3 nitrogen and oxygen atoms in total. The number of halogens is 2. The highest BCUT2D eigenvalue weighted by atomic mass is 35.5. The van der Waals surface area contributed by atoms with Crippen LogP contribution in [-0.4, -0.2) is 29.9 Å². The predicted molar refractivity (Wildman–Crippen MR) is 91.1 cm³/mol. The van der Waals surface area contributed by atoms with Crippen molar-refractivity contribution in [3.63, 3.8) is 0 Å². The summed E-state index contributed by atoms with van der Waals surface area (Å²) >= 11 is 0. The molecule has 0 bridgehead atoms. The zero-order valence-electron chi connectivity index (χ0n) is 12.7. The van der Waals surface area contributed by atoms with Gasteiger partial charge in [0.1, 0.15) is 5.82 Å². The van der Waals surface area contributed by atoms with E-state index >= 15 is 0 Å². The van der Waals surface area contributed by atoms with Crippen LogP contribution in [0.25, 0.3) is 0 Å². The van der Waals surface area contributed by atoms with E-state index in [1.165, 1.54) is 17.7 Å². The Bertz CT molecular complexity index is 648. The van der Waals surface area contributed by atoms with Gasteiger partial charge in [0.25, 0.3) is 0 Å². The first-order valence-electron chi connectivity index (χ1n) is 7.46. The topological polar surface area (TPSA) is 46.3 Å². The SMILES string of the molecule is Cl.N[C@@H]1CN(C(=O)Cc2ccc(F)cc2)C[C@H]1c1ccccc1. The summed E-state index contributed by atoms with van der Waals surface area (Å²) in [5.74, 6) is -0.0672. The molecule has 0 radical (unpaired) electrons. The smallest absolute Gasteiger partial charge is 0.227 e. The lowest BCUT2D eigenvalue weighted by Crippen LogP contribution is -2.33. The van der Waals surface area contributed by atoms with Crippen molar-refractivity contribution >= 4 is 18.3 Å². The molecule has 3 rings (SSSR count). The third kappa shape index (κ3) is 4.09. The van der Waals surface area contributed by atoms with Crippen LogP contribution >= 0.6 is 12.4 Å².